The maximum Gasteiger partial charge on any atom is 0.0493 e. The van der Waals surface area contributed by atoms with Gasteiger partial charge in [0.15, 0.2) is 0 Å². The molecule has 2 aromatic rings. The summed E-state index contributed by atoms with van der Waals surface area (Å²) < 4.78 is 0. The highest BCUT2D eigenvalue weighted by atomic mass is 15.2. The van der Waals surface area contributed by atoms with Crippen molar-refractivity contribution in [3.8, 4) is 0 Å². The molecule has 0 saturated heterocycles. The third kappa shape index (κ3) is 2.83. The van der Waals surface area contributed by atoms with Crippen molar-refractivity contribution in [2.75, 3.05) is 0 Å². The van der Waals surface area contributed by atoms with Gasteiger partial charge in [0.25, 0.3) is 0 Å². The molecule has 2 unspecified atom stereocenters. The number of hydrazine groups is 1. The fourth-order valence-electron chi connectivity index (χ4n) is 3.98. The van der Waals surface area contributed by atoms with E-state index in [9.17, 15) is 0 Å². The topological polar surface area (TPSA) is 38.0 Å². The van der Waals surface area contributed by atoms with E-state index in [0.717, 1.165) is 0 Å². The molecule has 112 valence electrons. The number of hydrogen-bond donors (Lipinski definition) is 2. The fourth-order valence-corrected chi connectivity index (χ4v) is 3.98. The lowest BCUT2D eigenvalue weighted by Gasteiger charge is -2.43. The Hall–Kier alpha value is -1.38. The minimum atomic E-state index is 0.241. The van der Waals surface area contributed by atoms with E-state index in [1.54, 1.807) is 0 Å². The van der Waals surface area contributed by atoms with E-state index in [1.165, 1.54) is 42.0 Å². The molecule has 1 aliphatic rings. The highest BCUT2D eigenvalue weighted by Gasteiger charge is 2.37. The summed E-state index contributed by atoms with van der Waals surface area (Å²) >= 11 is 0. The minimum absolute atomic E-state index is 0.241. The summed E-state index contributed by atoms with van der Waals surface area (Å²) in [5.74, 6) is 6.55. The van der Waals surface area contributed by atoms with Gasteiger partial charge in [0, 0.05) is 6.04 Å². The lowest BCUT2D eigenvalue weighted by molar-refractivity contribution is 0.0983. The van der Waals surface area contributed by atoms with Crippen molar-refractivity contribution in [3.05, 3.63) is 48.0 Å². The van der Waals surface area contributed by atoms with Crippen LogP contribution in [0, 0.1) is 11.3 Å². The zero-order chi connectivity index (χ0) is 14.9. The molecule has 0 spiro atoms. The lowest BCUT2D eigenvalue weighted by Crippen LogP contribution is -2.41. The monoisotopic (exact) mass is 282 g/mol. The minimum Gasteiger partial charge on any atom is -0.271 e. The second kappa shape index (κ2) is 5.78. The van der Waals surface area contributed by atoms with Gasteiger partial charge in [0.05, 0.1) is 0 Å². The van der Waals surface area contributed by atoms with Crippen molar-refractivity contribution in [1.82, 2.24) is 5.43 Å². The summed E-state index contributed by atoms with van der Waals surface area (Å²) in [4.78, 5) is 0. The molecule has 0 bridgehead atoms. The van der Waals surface area contributed by atoms with Crippen LogP contribution in [0.1, 0.15) is 51.1 Å². The van der Waals surface area contributed by atoms with Gasteiger partial charge in [-0.1, -0.05) is 63.1 Å². The van der Waals surface area contributed by atoms with Gasteiger partial charge >= 0.3 is 0 Å². The molecule has 2 atom stereocenters. The van der Waals surface area contributed by atoms with Crippen LogP contribution >= 0.6 is 0 Å². The van der Waals surface area contributed by atoms with Gasteiger partial charge in [-0.3, -0.25) is 11.3 Å². The lowest BCUT2D eigenvalue weighted by atomic mass is 9.65. The van der Waals surface area contributed by atoms with Crippen LogP contribution in [0.3, 0.4) is 0 Å². The standard InChI is InChI=1S/C19H26N2/c1-19(2)12-6-5-9-17(19)18(21-20)16-11-10-14-7-3-4-8-15(14)13-16/h3-4,7-8,10-11,13,17-18,21H,5-6,9,12,20H2,1-2H3. The molecule has 3 rings (SSSR count). The Labute approximate surface area is 127 Å². The largest absolute Gasteiger partial charge is 0.271 e. The normalized spacial score (nSPS) is 23.1. The maximum atomic E-state index is 5.95. The average Bonchev–Trinajstić information content (AvgIpc) is 2.49. The summed E-state index contributed by atoms with van der Waals surface area (Å²) in [6, 6.07) is 15.5. The molecule has 1 aliphatic carbocycles. The van der Waals surface area contributed by atoms with Crippen LogP contribution in [-0.2, 0) is 0 Å². The number of fused-ring (bicyclic) bond motifs is 1. The van der Waals surface area contributed by atoms with Crippen LogP contribution in [0.15, 0.2) is 42.5 Å². The number of benzene rings is 2. The molecule has 2 aromatic carbocycles. The highest BCUT2D eigenvalue weighted by molar-refractivity contribution is 5.83. The number of hydrogen-bond acceptors (Lipinski definition) is 2. The molecule has 2 nitrogen and oxygen atoms in total. The first-order valence-electron chi connectivity index (χ1n) is 8.07. The van der Waals surface area contributed by atoms with Crippen molar-refractivity contribution in [1.29, 1.82) is 0 Å². The number of nitrogens with two attached hydrogens (primary N) is 1. The summed E-state index contributed by atoms with van der Waals surface area (Å²) in [5, 5.41) is 2.59. The van der Waals surface area contributed by atoms with E-state index in [2.05, 4.69) is 61.7 Å². The van der Waals surface area contributed by atoms with Gasteiger partial charge in [-0.25, -0.2) is 0 Å². The molecule has 0 radical (unpaired) electrons. The van der Waals surface area contributed by atoms with Crippen LogP contribution in [0.4, 0.5) is 0 Å². The van der Waals surface area contributed by atoms with Gasteiger partial charge in [0.1, 0.15) is 0 Å². The van der Waals surface area contributed by atoms with Crippen molar-refractivity contribution in [2.45, 2.75) is 45.6 Å². The first-order valence-corrected chi connectivity index (χ1v) is 8.07. The molecule has 21 heavy (non-hydrogen) atoms. The van der Waals surface area contributed by atoms with E-state index in [0.29, 0.717) is 11.3 Å². The third-order valence-electron chi connectivity index (χ3n) is 5.30. The van der Waals surface area contributed by atoms with Crippen LogP contribution < -0.4 is 11.3 Å². The Bertz CT molecular complexity index is 618. The zero-order valence-corrected chi connectivity index (χ0v) is 13.1. The SMILES string of the molecule is CC1(C)CCCCC1C(NN)c1ccc2ccccc2c1. The van der Waals surface area contributed by atoms with Crippen molar-refractivity contribution in [3.63, 3.8) is 0 Å². The summed E-state index contributed by atoms with van der Waals surface area (Å²) in [7, 11) is 0. The van der Waals surface area contributed by atoms with Crippen molar-refractivity contribution < 1.29 is 0 Å². The predicted molar refractivity (Wildman–Crippen MR) is 89.8 cm³/mol. The van der Waals surface area contributed by atoms with E-state index in [1.807, 2.05) is 0 Å². The Morgan fingerprint density at radius 1 is 1.10 bits per heavy atom. The predicted octanol–water partition coefficient (Wildman–Crippen LogP) is 4.56. The summed E-state index contributed by atoms with van der Waals surface area (Å²) in [6.07, 6.45) is 5.22. The van der Waals surface area contributed by atoms with Gasteiger partial charge in [-0.15, -0.1) is 0 Å². The highest BCUT2D eigenvalue weighted by Crippen LogP contribution is 2.46. The van der Waals surface area contributed by atoms with Crippen LogP contribution in [0.25, 0.3) is 10.8 Å². The van der Waals surface area contributed by atoms with Gasteiger partial charge in [0.2, 0.25) is 0 Å². The molecule has 0 amide bonds. The van der Waals surface area contributed by atoms with E-state index < -0.39 is 0 Å². The summed E-state index contributed by atoms with van der Waals surface area (Å²) in [5.41, 5.74) is 4.77. The van der Waals surface area contributed by atoms with Crippen LogP contribution in [0.2, 0.25) is 0 Å². The van der Waals surface area contributed by atoms with Crippen molar-refractivity contribution >= 4 is 10.8 Å². The number of rotatable bonds is 3. The Morgan fingerprint density at radius 2 is 1.86 bits per heavy atom. The van der Waals surface area contributed by atoms with Gasteiger partial charge in [-0.2, -0.15) is 0 Å². The molecule has 0 aliphatic heterocycles. The first-order chi connectivity index (χ1) is 10.1. The van der Waals surface area contributed by atoms with Crippen LogP contribution in [-0.4, -0.2) is 0 Å². The smallest absolute Gasteiger partial charge is 0.0493 e. The van der Waals surface area contributed by atoms with Crippen molar-refractivity contribution in [2.24, 2.45) is 17.2 Å². The summed E-state index contributed by atoms with van der Waals surface area (Å²) in [6.45, 7) is 4.78. The fraction of sp³-hybridized carbons (Fsp3) is 0.474. The van der Waals surface area contributed by atoms with Crippen LogP contribution in [0.5, 0.6) is 0 Å². The molecule has 2 heteroatoms. The molecule has 0 heterocycles. The van der Waals surface area contributed by atoms with Gasteiger partial charge < -0.3 is 0 Å². The molecule has 3 N–H and O–H groups in total. The molecule has 1 fully saturated rings. The quantitative estimate of drug-likeness (QED) is 0.639. The molecular weight excluding hydrogens is 256 g/mol. The van der Waals surface area contributed by atoms with E-state index in [-0.39, 0.29) is 6.04 Å². The maximum absolute atomic E-state index is 5.95. The third-order valence-corrected chi connectivity index (χ3v) is 5.30. The molecular formula is C19H26N2. The Balaban J connectivity index is 1.97. The van der Waals surface area contributed by atoms with E-state index >= 15 is 0 Å². The number of nitrogens with one attached hydrogen (secondary N) is 1. The second-order valence-corrected chi connectivity index (χ2v) is 7.09. The van der Waals surface area contributed by atoms with E-state index in [4.69, 9.17) is 5.84 Å². The average molecular weight is 282 g/mol. The molecule has 1 saturated carbocycles. The zero-order valence-electron chi connectivity index (χ0n) is 13.1. The van der Waals surface area contributed by atoms with Gasteiger partial charge in [-0.05, 0) is 46.6 Å². The molecule has 0 aromatic heterocycles. The Kier molecular flexibility index (Phi) is 4.01. The Morgan fingerprint density at radius 3 is 2.57 bits per heavy atom. The first kappa shape index (κ1) is 14.6. The second-order valence-electron chi connectivity index (χ2n) is 7.09.